The van der Waals surface area contributed by atoms with Crippen molar-refractivity contribution in [3.8, 4) is 0 Å². The quantitative estimate of drug-likeness (QED) is 0.718. The van der Waals surface area contributed by atoms with Gasteiger partial charge in [0.2, 0.25) is 0 Å². The predicted octanol–water partition coefficient (Wildman–Crippen LogP) is 0.0467. The highest BCUT2D eigenvalue weighted by molar-refractivity contribution is 5.34. The van der Waals surface area contributed by atoms with Gasteiger partial charge in [-0.15, -0.1) is 10.2 Å². The van der Waals surface area contributed by atoms with Gasteiger partial charge in [-0.05, 0) is 25.3 Å². The minimum Gasteiger partial charge on any atom is -0.354 e. The number of rotatable bonds is 2. The second kappa shape index (κ2) is 4.32. The van der Waals surface area contributed by atoms with E-state index in [0.29, 0.717) is 5.92 Å². The Kier molecular flexibility index (Phi) is 2.88. The standard InChI is InChI=1S/C9H15N5/c10-4-8-2-1-3-14(6-8)9-5-11-7-12-13-9/h5,7-8H,1-4,6,10H2. The van der Waals surface area contributed by atoms with Crippen molar-refractivity contribution < 1.29 is 0 Å². The molecule has 1 unspecified atom stereocenters. The first-order chi connectivity index (χ1) is 6.90. The minimum absolute atomic E-state index is 0.589. The van der Waals surface area contributed by atoms with Gasteiger partial charge in [-0.2, -0.15) is 0 Å². The molecule has 1 aromatic rings. The topological polar surface area (TPSA) is 67.9 Å². The van der Waals surface area contributed by atoms with Gasteiger partial charge in [0.25, 0.3) is 0 Å². The van der Waals surface area contributed by atoms with Crippen LogP contribution in [0.2, 0.25) is 0 Å². The molecule has 0 spiro atoms. The molecule has 1 atom stereocenters. The third-order valence-corrected chi connectivity index (χ3v) is 2.64. The van der Waals surface area contributed by atoms with Gasteiger partial charge in [-0.25, -0.2) is 4.98 Å². The summed E-state index contributed by atoms with van der Waals surface area (Å²) in [5.74, 6) is 1.46. The SMILES string of the molecule is NCC1CCCN(c2cncnn2)C1. The second-order valence-electron chi connectivity index (χ2n) is 3.66. The molecule has 0 amide bonds. The third-order valence-electron chi connectivity index (χ3n) is 2.64. The van der Waals surface area contributed by atoms with Gasteiger partial charge in [0, 0.05) is 13.1 Å². The molecule has 5 heteroatoms. The number of piperidine rings is 1. The molecule has 0 bridgehead atoms. The Balaban J connectivity index is 2.04. The molecule has 2 rings (SSSR count). The van der Waals surface area contributed by atoms with Gasteiger partial charge in [0.15, 0.2) is 5.82 Å². The van der Waals surface area contributed by atoms with Crippen LogP contribution in [0.15, 0.2) is 12.5 Å². The van der Waals surface area contributed by atoms with Crippen LogP contribution in [-0.2, 0) is 0 Å². The molecule has 5 nitrogen and oxygen atoms in total. The van der Waals surface area contributed by atoms with E-state index < -0.39 is 0 Å². The molecule has 0 saturated carbocycles. The van der Waals surface area contributed by atoms with E-state index in [1.807, 2.05) is 0 Å². The summed E-state index contributed by atoms with van der Waals surface area (Å²) in [5.41, 5.74) is 5.67. The van der Waals surface area contributed by atoms with Crippen molar-refractivity contribution in [2.45, 2.75) is 12.8 Å². The van der Waals surface area contributed by atoms with E-state index >= 15 is 0 Å². The van der Waals surface area contributed by atoms with Gasteiger partial charge in [0.05, 0.1) is 6.20 Å². The van der Waals surface area contributed by atoms with Crippen LogP contribution in [0.4, 0.5) is 5.82 Å². The van der Waals surface area contributed by atoms with E-state index in [0.717, 1.165) is 25.5 Å². The zero-order valence-corrected chi connectivity index (χ0v) is 8.13. The maximum absolute atomic E-state index is 5.67. The summed E-state index contributed by atoms with van der Waals surface area (Å²) in [6, 6.07) is 0. The molecule has 0 radical (unpaired) electrons. The molecule has 0 aliphatic carbocycles. The van der Waals surface area contributed by atoms with Gasteiger partial charge in [-0.3, -0.25) is 0 Å². The molecule has 1 aromatic heterocycles. The Morgan fingerprint density at radius 1 is 1.57 bits per heavy atom. The third kappa shape index (κ3) is 1.98. The second-order valence-corrected chi connectivity index (χ2v) is 3.66. The Morgan fingerprint density at radius 2 is 2.50 bits per heavy atom. The predicted molar refractivity (Wildman–Crippen MR) is 53.8 cm³/mol. The molecule has 0 aromatic carbocycles. The molecular formula is C9H15N5. The van der Waals surface area contributed by atoms with E-state index in [9.17, 15) is 0 Å². The molecule has 2 N–H and O–H groups in total. The fourth-order valence-electron chi connectivity index (χ4n) is 1.85. The maximum atomic E-state index is 5.67. The Hall–Kier alpha value is -1.23. The van der Waals surface area contributed by atoms with Crippen molar-refractivity contribution in [3.63, 3.8) is 0 Å². The zero-order valence-electron chi connectivity index (χ0n) is 8.13. The van der Waals surface area contributed by atoms with Crippen molar-refractivity contribution in [3.05, 3.63) is 12.5 Å². The van der Waals surface area contributed by atoms with Crippen LogP contribution in [-0.4, -0.2) is 34.8 Å². The first-order valence-electron chi connectivity index (χ1n) is 4.98. The van der Waals surface area contributed by atoms with Gasteiger partial charge < -0.3 is 10.6 Å². The van der Waals surface area contributed by atoms with Gasteiger partial charge >= 0.3 is 0 Å². The van der Waals surface area contributed by atoms with Crippen molar-refractivity contribution in [1.82, 2.24) is 15.2 Å². The van der Waals surface area contributed by atoms with Crippen LogP contribution in [0.3, 0.4) is 0 Å². The molecular weight excluding hydrogens is 178 g/mol. The largest absolute Gasteiger partial charge is 0.354 e. The highest BCUT2D eigenvalue weighted by Gasteiger charge is 2.19. The summed E-state index contributed by atoms with van der Waals surface area (Å²) in [6.07, 6.45) is 5.61. The van der Waals surface area contributed by atoms with Crippen LogP contribution in [0.25, 0.3) is 0 Å². The summed E-state index contributed by atoms with van der Waals surface area (Å²) in [7, 11) is 0. The number of hydrogen-bond acceptors (Lipinski definition) is 5. The van der Waals surface area contributed by atoms with Crippen LogP contribution in [0.5, 0.6) is 0 Å². The fourth-order valence-corrected chi connectivity index (χ4v) is 1.85. The van der Waals surface area contributed by atoms with E-state index in [-0.39, 0.29) is 0 Å². The minimum atomic E-state index is 0.589. The highest BCUT2D eigenvalue weighted by atomic mass is 15.3. The molecule has 1 fully saturated rings. The average Bonchev–Trinajstić information content (AvgIpc) is 2.30. The Labute approximate surface area is 83.3 Å². The van der Waals surface area contributed by atoms with Crippen molar-refractivity contribution in [2.24, 2.45) is 11.7 Å². The van der Waals surface area contributed by atoms with Crippen LogP contribution in [0, 0.1) is 5.92 Å². The molecule has 76 valence electrons. The van der Waals surface area contributed by atoms with Crippen molar-refractivity contribution >= 4 is 5.82 Å². The summed E-state index contributed by atoms with van der Waals surface area (Å²) in [6.45, 7) is 2.78. The van der Waals surface area contributed by atoms with Crippen LogP contribution in [0.1, 0.15) is 12.8 Å². The van der Waals surface area contributed by atoms with Gasteiger partial charge in [-0.1, -0.05) is 0 Å². The van der Waals surface area contributed by atoms with Crippen LogP contribution >= 0.6 is 0 Å². The molecule has 2 heterocycles. The van der Waals surface area contributed by atoms with Crippen molar-refractivity contribution in [1.29, 1.82) is 0 Å². The van der Waals surface area contributed by atoms with Crippen molar-refractivity contribution in [2.75, 3.05) is 24.5 Å². The first-order valence-corrected chi connectivity index (χ1v) is 4.98. The number of nitrogens with zero attached hydrogens (tertiary/aromatic N) is 4. The number of nitrogens with two attached hydrogens (primary N) is 1. The Morgan fingerprint density at radius 3 is 3.21 bits per heavy atom. The van der Waals surface area contributed by atoms with Gasteiger partial charge in [0.1, 0.15) is 6.33 Å². The number of anilines is 1. The normalized spacial score (nSPS) is 22.4. The number of aromatic nitrogens is 3. The van der Waals surface area contributed by atoms with Crippen LogP contribution < -0.4 is 10.6 Å². The molecule has 1 aliphatic heterocycles. The highest BCUT2D eigenvalue weighted by Crippen LogP contribution is 2.19. The summed E-state index contributed by atoms with van der Waals surface area (Å²) in [5, 5.41) is 7.82. The first kappa shape index (κ1) is 9.33. The number of hydrogen-bond donors (Lipinski definition) is 1. The monoisotopic (exact) mass is 193 g/mol. The zero-order chi connectivity index (χ0) is 9.80. The van der Waals surface area contributed by atoms with E-state index in [1.165, 1.54) is 19.2 Å². The molecule has 1 saturated heterocycles. The Bertz CT molecular complexity index is 276. The fraction of sp³-hybridized carbons (Fsp3) is 0.667. The molecule has 1 aliphatic rings. The van der Waals surface area contributed by atoms with E-state index in [1.54, 1.807) is 6.20 Å². The average molecular weight is 193 g/mol. The van der Waals surface area contributed by atoms with E-state index in [4.69, 9.17) is 5.73 Å². The maximum Gasteiger partial charge on any atom is 0.169 e. The smallest absolute Gasteiger partial charge is 0.169 e. The summed E-state index contributed by atoms with van der Waals surface area (Å²) >= 11 is 0. The lowest BCUT2D eigenvalue weighted by molar-refractivity contribution is 0.420. The summed E-state index contributed by atoms with van der Waals surface area (Å²) in [4.78, 5) is 6.17. The lowest BCUT2D eigenvalue weighted by Crippen LogP contribution is -2.38. The van der Waals surface area contributed by atoms with E-state index in [2.05, 4.69) is 20.1 Å². The lowest BCUT2D eigenvalue weighted by atomic mass is 9.98. The summed E-state index contributed by atoms with van der Waals surface area (Å²) < 4.78 is 0. The molecule has 14 heavy (non-hydrogen) atoms. The lowest BCUT2D eigenvalue weighted by Gasteiger charge is -2.32.